The van der Waals surface area contributed by atoms with Crippen molar-refractivity contribution in [3.63, 3.8) is 0 Å². The number of aliphatic hydroxyl groups is 1. The maximum absolute atomic E-state index is 9.82. The molecule has 0 aliphatic carbocycles. The summed E-state index contributed by atoms with van der Waals surface area (Å²) in [6, 6.07) is 7.76. The van der Waals surface area contributed by atoms with Crippen molar-refractivity contribution in [3.8, 4) is 5.75 Å². The van der Waals surface area contributed by atoms with Gasteiger partial charge in [0.05, 0.1) is 7.11 Å². The number of fused-ring (bicyclic) bond motifs is 1. The fraction of sp³-hybridized carbons (Fsp3) is 0.333. The first-order valence-electron chi connectivity index (χ1n) is 5.24. The lowest BCUT2D eigenvalue weighted by Crippen LogP contribution is -2.16. The van der Waals surface area contributed by atoms with E-state index < -0.39 is 6.10 Å². The van der Waals surface area contributed by atoms with Gasteiger partial charge in [0.1, 0.15) is 11.9 Å². The molecule has 1 aromatic heterocycles. The number of likely N-dealkylation sites (N-methyl/N-ethyl adjacent to an activating group) is 1. The predicted molar refractivity (Wildman–Crippen MR) is 63.7 cm³/mol. The maximum Gasteiger partial charge on any atom is 0.120 e. The number of nitrogens with one attached hydrogen (secondary N) is 2. The van der Waals surface area contributed by atoms with Gasteiger partial charge in [-0.15, -0.1) is 0 Å². The van der Waals surface area contributed by atoms with E-state index >= 15 is 0 Å². The highest BCUT2D eigenvalue weighted by Gasteiger charge is 2.09. The van der Waals surface area contributed by atoms with Crippen LogP contribution >= 0.6 is 0 Å². The van der Waals surface area contributed by atoms with Gasteiger partial charge in [0.2, 0.25) is 0 Å². The first-order chi connectivity index (χ1) is 7.74. The Morgan fingerprint density at radius 3 is 2.94 bits per heavy atom. The van der Waals surface area contributed by atoms with Crippen molar-refractivity contribution < 1.29 is 9.84 Å². The standard InChI is InChI=1S/C12H16N2O2/c1-13-7-12(15)11-5-8-3-4-9(16-2)6-10(8)14-11/h3-6,12-15H,7H2,1-2H3. The molecule has 86 valence electrons. The van der Waals surface area contributed by atoms with Crippen molar-refractivity contribution in [1.82, 2.24) is 10.3 Å². The number of hydrogen-bond acceptors (Lipinski definition) is 3. The summed E-state index contributed by atoms with van der Waals surface area (Å²) in [5.41, 5.74) is 1.79. The quantitative estimate of drug-likeness (QED) is 0.730. The van der Waals surface area contributed by atoms with Gasteiger partial charge in [-0.1, -0.05) is 0 Å². The summed E-state index contributed by atoms with van der Waals surface area (Å²) in [4.78, 5) is 3.18. The van der Waals surface area contributed by atoms with Crippen molar-refractivity contribution in [2.45, 2.75) is 6.10 Å². The van der Waals surface area contributed by atoms with E-state index in [1.807, 2.05) is 31.3 Å². The Morgan fingerprint density at radius 1 is 1.44 bits per heavy atom. The molecule has 3 N–H and O–H groups in total. The summed E-state index contributed by atoms with van der Waals surface area (Å²) < 4.78 is 5.14. The van der Waals surface area contributed by atoms with Gasteiger partial charge in [0.25, 0.3) is 0 Å². The Hall–Kier alpha value is -1.52. The van der Waals surface area contributed by atoms with E-state index in [4.69, 9.17) is 4.74 Å². The maximum atomic E-state index is 9.82. The molecule has 0 spiro atoms. The highest BCUT2D eigenvalue weighted by Crippen LogP contribution is 2.23. The minimum absolute atomic E-state index is 0.511. The topological polar surface area (TPSA) is 57.3 Å². The number of benzene rings is 1. The lowest BCUT2D eigenvalue weighted by Gasteiger charge is -2.06. The van der Waals surface area contributed by atoms with Crippen LogP contribution in [0.15, 0.2) is 24.3 Å². The SMILES string of the molecule is CNCC(O)c1cc2ccc(OC)cc2[nH]1. The monoisotopic (exact) mass is 220 g/mol. The van der Waals surface area contributed by atoms with E-state index in [1.54, 1.807) is 7.11 Å². The minimum atomic E-state index is -0.511. The molecular formula is C12H16N2O2. The van der Waals surface area contributed by atoms with E-state index in [-0.39, 0.29) is 0 Å². The summed E-state index contributed by atoms with van der Waals surface area (Å²) in [7, 11) is 3.45. The highest BCUT2D eigenvalue weighted by molar-refractivity contribution is 5.81. The van der Waals surface area contributed by atoms with Crippen LogP contribution in [0.4, 0.5) is 0 Å². The molecule has 0 saturated heterocycles. The van der Waals surface area contributed by atoms with Gasteiger partial charge in [0, 0.05) is 29.2 Å². The molecule has 4 nitrogen and oxygen atoms in total. The average molecular weight is 220 g/mol. The van der Waals surface area contributed by atoms with Crippen molar-refractivity contribution >= 4 is 10.9 Å². The average Bonchev–Trinajstić information content (AvgIpc) is 2.71. The number of aromatic nitrogens is 1. The number of methoxy groups -OCH3 is 1. The van der Waals surface area contributed by atoms with E-state index in [2.05, 4.69) is 10.3 Å². The molecule has 0 aliphatic heterocycles. The number of H-pyrrole nitrogens is 1. The van der Waals surface area contributed by atoms with Crippen LogP contribution in [0.5, 0.6) is 5.75 Å². The zero-order valence-electron chi connectivity index (χ0n) is 9.45. The second-order valence-corrected chi connectivity index (χ2v) is 3.75. The molecule has 16 heavy (non-hydrogen) atoms. The molecule has 0 fully saturated rings. The first kappa shape index (κ1) is 11.0. The summed E-state index contributed by atoms with van der Waals surface area (Å²) >= 11 is 0. The van der Waals surface area contributed by atoms with Gasteiger partial charge < -0.3 is 20.1 Å². The molecular weight excluding hydrogens is 204 g/mol. The van der Waals surface area contributed by atoms with Crippen LogP contribution < -0.4 is 10.1 Å². The van der Waals surface area contributed by atoms with Crippen LogP contribution in [0, 0.1) is 0 Å². The lowest BCUT2D eigenvalue weighted by atomic mass is 10.2. The fourth-order valence-corrected chi connectivity index (χ4v) is 1.74. The van der Waals surface area contributed by atoms with Crippen molar-refractivity contribution in [1.29, 1.82) is 0 Å². The van der Waals surface area contributed by atoms with Crippen molar-refractivity contribution in [2.75, 3.05) is 20.7 Å². The largest absolute Gasteiger partial charge is 0.497 e. The molecule has 1 unspecified atom stereocenters. The number of ether oxygens (including phenoxy) is 1. The number of rotatable bonds is 4. The molecule has 0 bridgehead atoms. The third-order valence-electron chi connectivity index (χ3n) is 2.61. The molecule has 0 radical (unpaired) electrons. The van der Waals surface area contributed by atoms with Crippen LogP contribution in [-0.2, 0) is 0 Å². The van der Waals surface area contributed by atoms with Gasteiger partial charge in [-0.3, -0.25) is 0 Å². The normalized spacial score (nSPS) is 12.9. The molecule has 0 aliphatic rings. The third kappa shape index (κ3) is 2.03. The predicted octanol–water partition coefficient (Wildman–Crippen LogP) is 1.43. The van der Waals surface area contributed by atoms with Crippen LogP contribution in [0.25, 0.3) is 10.9 Å². The zero-order chi connectivity index (χ0) is 11.5. The van der Waals surface area contributed by atoms with Gasteiger partial charge in [-0.25, -0.2) is 0 Å². The molecule has 4 heteroatoms. The molecule has 0 saturated carbocycles. The lowest BCUT2D eigenvalue weighted by molar-refractivity contribution is 0.174. The zero-order valence-corrected chi connectivity index (χ0v) is 9.45. The molecule has 2 rings (SSSR count). The summed E-state index contributed by atoms with van der Waals surface area (Å²) in [6.07, 6.45) is -0.511. The van der Waals surface area contributed by atoms with E-state index in [0.717, 1.165) is 22.3 Å². The van der Waals surface area contributed by atoms with Crippen LogP contribution in [0.2, 0.25) is 0 Å². The Morgan fingerprint density at radius 2 is 2.25 bits per heavy atom. The highest BCUT2D eigenvalue weighted by atomic mass is 16.5. The minimum Gasteiger partial charge on any atom is -0.497 e. The third-order valence-corrected chi connectivity index (χ3v) is 2.61. The summed E-state index contributed by atoms with van der Waals surface area (Å²) in [5, 5.41) is 13.8. The summed E-state index contributed by atoms with van der Waals surface area (Å²) in [5.74, 6) is 0.809. The van der Waals surface area contributed by atoms with E-state index in [0.29, 0.717) is 6.54 Å². The van der Waals surface area contributed by atoms with Crippen LogP contribution in [0.3, 0.4) is 0 Å². The molecule has 1 heterocycles. The molecule has 1 atom stereocenters. The number of aliphatic hydroxyl groups excluding tert-OH is 1. The van der Waals surface area contributed by atoms with Gasteiger partial charge in [0.15, 0.2) is 0 Å². The van der Waals surface area contributed by atoms with Crippen LogP contribution in [0.1, 0.15) is 11.8 Å². The van der Waals surface area contributed by atoms with E-state index in [1.165, 1.54) is 0 Å². The van der Waals surface area contributed by atoms with Gasteiger partial charge >= 0.3 is 0 Å². The van der Waals surface area contributed by atoms with Gasteiger partial charge in [-0.2, -0.15) is 0 Å². The summed E-state index contributed by atoms with van der Waals surface area (Å²) in [6.45, 7) is 0.532. The van der Waals surface area contributed by atoms with Crippen molar-refractivity contribution in [3.05, 3.63) is 30.0 Å². The molecule has 1 aromatic carbocycles. The van der Waals surface area contributed by atoms with Crippen molar-refractivity contribution in [2.24, 2.45) is 0 Å². The molecule has 2 aromatic rings. The van der Waals surface area contributed by atoms with Gasteiger partial charge in [-0.05, 0) is 25.2 Å². The first-order valence-corrected chi connectivity index (χ1v) is 5.24. The molecule has 0 amide bonds. The van der Waals surface area contributed by atoms with E-state index in [9.17, 15) is 5.11 Å². The number of hydrogen-bond donors (Lipinski definition) is 3. The Kier molecular flexibility index (Phi) is 3.12. The Labute approximate surface area is 94.2 Å². The second kappa shape index (κ2) is 4.55. The Balaban J connectivity index is 2.35. The smallest absolute Gasteiger partial charge is 0.120 e. The number of aromatic amines is 1. The Bertz CT molecular complexity index is 479. The second-order valence-electron chi connectivity index (χ2n) is 3.75. The fourth-order valence-electron chi connectivity index (χ4n) is 1.74. The van der Waals surface area contributed by atoms with Crippen LogP contribution in [-0.4, -0.2) is 30.8 Å².